The monoisotopic (exact) mass is 358 g/mol. The highest BCUT2D eigenvalue weighted by Gasteiger charge is 2.05. The van der Waals surface area contributed by atoms with Crippen LogP contribution in [0.3, 0.4) is 0 Å². The van der Waals surface area contributed by atoms with E-state index in [1.165, 1.54) is 12.1 Å². The van der Waals surface area contributed by atoms with E-state index in [0.717, 1.165) is 5.56 Å². The zero-order valence-electron chi connectivity index (χ0n) is 14.9. The molecule has 0 unspecified atom stereocenters. The fourth-order valence-corrected chi connectivity index (χ4v) is 2.25. The number of hydrogen-bond donors (Lipinski definition) is 3. The van der Waals surface area contributed by atoms with Crippen molar-refractivity contribution in [3.8, 4) is 5.75 Å². The van der Waals surface area contributed by atoms with E-state index < -0.39 is 0 Å². The second kappa shape index (κ2) is 10.0. The molecule has 0 radical (unpaired) electrons. The first-order chi connectivity index (χ1) is 12.6. The Labute approximate surface area is 152 Å². The molecule has 0 saturated heterocycles. The van der Waals surface area contributed by atoms with E-state index in [9.17, 15) is 9.18 Å². The number of rotatable bonds is 7. The predicted molar refractivity (Wildman–Crippen MR) is 99.9 cm³/mol. The summed E-state index contributed by atoms with van der Waals surface area (Å²) in [6.07, 6.45) is 0. The highest BCUT2D eigenvalue weighted by atomic mass is 19.1. The largest absolute Gasteiger partial charge is 0.497 e. The van der Waals surface area contributed by atoms with Crippen LogP contribution in [0.5, 0.6) is 5.75 Å². The highest BCUT2D eigenvalue weighted by molar-refractivity contribution is 5.94. The minimum atomic E-state index is -0.270. The number of halogens is 1. The average molecular weight is 358 g/mol. The van der Waals surface area contributed by atoms with Gasteiger partial charge in [-0.15, -0.1) is 0 Å². The topological polar surface area (TPSA) is 74.8 Å². The molecule has 26 heavy (non-hydrogen) atoms. The lowest BCUT2D eigenvalue weighted by Gasteiger charge is -2.12. The minimum absolute atomic E-state index is 0.155. The van der Waals surface area contributed by atoms with Crippen molar-refractivity contribution in [3.63, 3.8) is 0 Å². The number of nitrogens with zero attached hydrogens (tertiary/aromatic N) is 1. The second-order valence-electron chi connectivity index (χ2n) is 5.47. The summed E-state index contributed by atoms with van der Waals surface area (Å²) < 4.78 is 18.2. The molecule has 2 aromatic carbocycles. The van der Waals surface area contributed by atoms with Crippen molar-refractivity contribution in [2.45, 2.75) is 6.54 Å². The van der Waals surface area contributed by atoms with Gasteiger partial charge < -0.3 is 20.7 Å². The molecule has 138 valence electrons. The molecule has 0 saturated carbocycles. The molecule has 0 bridgehead atoms. The van der Waals surface area contributed by atoms with Gasteiger partial charge in [0.1, 0.15) is 11.6 Å². The Balaban J connectivity index is 1.70. The van der Waals surface area contributed by atoms with Gasteiger partial charge in [0.2, 0.25) is 0 Å². The smallest absolute Gasteiger partial charge is 0.251 e. The maximum Gasteiger partial charge on any atom is 0.251 e. The summed E-state index contributed by atoms with van der Waals surface area (Å²) in [6, 6.07) is 13.3. The number of amides is 1. The lowest BCUT2D eigenvalue weighted by Crippen LogP contribution is -2.41. The molecular formula is C19H23FN4O2. The Morgan fingerprint density at radius 1 is 1.08 bits per heavy atom. The Bertz CT molecular complexity index is 747. The van der Waals surface area contributed by atoms with Gasteiger partial charge >= 0.3 is 0 Å². The number of ether oxygens (including phenoxy) is 1. The molecule has 0 spiro atoms. The Morgan fingerprint density at radius 2 is 1.81 bits per heavy atom. The van der Waals surface area contributed by atoms with Crippen LogP contribution in [0.1, 0.15) is 15.9 Å². The van der Waals surface area contributed by atoms with Crippen molar-refractivity contribution in [2.24, 2.45) is 4.99 Å². The summed E-state index contributed by atoms with van der Waals surface area (Å²) in [5.41, 5.74) is 1.39. The van der Waals surface area contributed by atoms with Crippen LogP contribution in [0.25, 0.3) is 0 Å². The first-order valence-corrected chi connectivity index (χ1v) is 8.23. The summed E-state index contributed by atoms with van der Waals surface area (Å²) in [5, 5.41) is 9.00. The minimum Gasteiger partial charge on any atom is -0.497 e. The third kappa shape index (κ3) is 6.08. The molecule has 2 aromatic rings. The summed E-state index contributed by atoms with van der Waals surface area (Å²) in [7, 11) is 3.23. The van der Waals surface area contributed by atoms with E-state index in [1.54, 1.807) is 44.5 Å². The Kier molecular flexibility index (Phi) is 7.42. The number of methoxy groups -OCH3 is 1. The van der Waals surface area contributed by atoms with Crippen molar-refractivity contribution in [2.75, 3.05) is 27.2 Å². The Morgan fingerprint density at radius 3 is 2.46 bits per heavy atom. The van der Waals surface area contributed by atoms with Gasteiger partial charge in [-0.05, 0) is 42.0 Å². The van der Waals surface area contributed by atoms with E-state index in [-0.39, 0.29) is 11.7 Å². The molecule has 6 nitrogen and oxygen atoms in total. The van der Waals surface area contributed by atoms with Crippen LogP contribution in [-0.2, 0) is 6.54 Å². The van der Waals surface area contributed by atoms with Crippen LogP contribution in [0.4, 0.5) is 4.39 Å². The predicted octanol–water partition coefficient (Wildman–Crippen LogP) is 1.93. The number of carbonyl (C=O) groups excluding carboxylic acids is 1. The molecule has 2 rings (SSSR count). The van der Waals surface area contributed by atoms with Gasteiger partial charge in [-0.25, -0.2) is 4.39 Å². The van der Waals surface area contributed by atoms with Crippen LogP contribution in [0, 0.1) is 5.82 Å². The number of guanidine groups is 1. The summed E-state index contributed by atoms with van der Waals surface area (Å²) >= 11 is 0. The molecule has 0 aliphatic carbocycles. The van der Waals surface area contributed by atoms with Crippen LogP contribution in [0.15, 0.2) is 53.5 Å². The van der Waals surface area contributed by atoms with Gasteiger partial charge in [0, 0.05) is 32.2 Å². The second-order valence-corrected chi connectivity index (χ2v) is 5.47. The number of carbonyl (C=O) groups is 1. The summed E-state index contributed by atoms with van der Waals surface area (Å²) in [4.78, 5) is 16.1. The van der Waals surface area contributed by atoms with Gasteiger partial charge in [0.15, 0.2) is 5.96 Å². The molecule has 0 fully saturated rings. The van der Waals surface area contributed by atoms with Crippen molar-refractivity contribution < 1.29 is 13.9 Å². The quantitative estimate of drug-likeness (QED) is 0.402. The van der Waals surface area contributed by atoms with Crippen molar-refractivity contribution in [3.05, 3.63) is 65.5 Å². The maximum atomic E-state index is 13.2. The van der Waals surface area contributed by atoms with Crippen LogP contribution in [-0.4, -0.2) is 39.1 Å². The lowest BCUT2D eigenvalue weighted by atomic mass is 10.2. The van der Waals surface area contributed by atoms with E-state index >= 15 is 0 Å². The molecule has 3 N–H and O–H groups in total. The molecule has 0 aliphatic heterocycles. The molecule has 0 atom stereocenters. The summed E-state index contributed by atoms with van der Waals surface area (Å²) in [5.74, 6) is 0.856. The van der Waals surface area contributed by atoms with Crippen LogP contribution < -0.4 is 20.7 Å². The van der Waals surface area contributed by atoms with Gasteiger partial charge in [-0.1, -0.05) is 12.1 Å². The summed E-state index contributed by atoms with van der Waals surface area (Å²) in [6.45, 7) is 1.39. The Hall–Kier alpha value is -3.09. The third-order valence-corrected chi connectivity index (χ3v) is 3.63. The lowest BCUT2D eigenvalue weighted by molar-refractivity contribution is 0.0954. The molecule has 0 heterocycles. The number of aliphatic imine (C=N–C) groups is 1. The van der Waals surface area contributed by atoms with Crippen LogP contribution in [0.2, 0.25) is 0 Å². The first-order valence-electron chi connectivity index (χ1n) is 8.23. The van der Waals surface area contributed by atoms with E-state index in [1.807, 2.05) is 6.07 Å². The molecule has 1 amide bonds. The number of nitrogens with one attached hydrogen (secondary N) is 3. The zero-order valence-corrected chi connectivity index (χ0v) is 14.9. The van der Waals surface area contributed by atoms with E-state index in [2.05, 4.69) is 20.9 Å². The number of benzene rings is 2. The third-order valence-electron chi connectivity index (χ3n) is 3.63. The molecule has 0 aromatic heterocycles. The molecule has 0 aliphatic rings. The van der Waals surface area contributed by atoms with Gasteiger partial charge in [-0.2, -0.15) is 0 Å². The normalized spacial score (nSPS) is 11.0. The van der Waals surface area contributed by atoms with Crippen LogP contribution >= 0.6 is 0 Å². The SMILES string of the molecule is CN=C(NCCNC(=O)c1ccc(OC)cc1)NCc1cccc(F)c1. The molecule has 7 heteroatoms. The van der Waals surface area contributed by atoms with Crippen molar-refractivity contribution >= 4 is 11.9 Å². The highest BCUT2D eigenvalue weighted by Crippen LogP contribution is 2.10. The maximum absolute atomic E-state index is 13.2. The fourth-order valence-electron chi connectivity index (χ4n) is 2.25. The van der Waals surface area contributed by atoms with Gasteiger partial charge in [0.25, 0.3) is 5.91 Å². The van der Waals surface area contributed by atoms with Crippen molar-refractivity contribution in [1.29, 1.82) is 0 Å². The van der Waals surface area contributed by atoms with E-state index in [4.69, 9.17) is 4.74 Å². The standard InChI is InChI=1S/C19H23FN4O2/c1-21-19(24-13-14-4-3-5-16(20)12-14)23-11-10-22-18(25)15-6-8-17(26-2)9-7-15/h3-9,12H,10-11,13H2,1-2H3,(H,22,25)(H2,21,23,24). The number of hydrogen-bond acceptors (Lipinski definition) is 3. The van der Waals surface area contributed by atoms with E-state index in [0.29, 0.717) is 36.9 Å². The zero-order chi connectivity index (χ0) is 18.8. The average Bonchev–Trinajstić information content (AvgIpc) is 2.67. The van der Waals surface area contributed by atoms with Gasteiger partial charge in [0.05, 0.1) is 7.11 Å². The fraction of sp³-hybridized carbons (Fsp3) is 0.263. The molecular weight excluding hydrogens is 335 g/mol. The van der Waals surface area contributed by atoms with Gasteiger partial charge in [-0.3, -0.25) is 9.79 Å². The first kappa shape index (κ1) is 19.2. The van der Waals surface area contributed by atoms with Crippen molar-refractivity contribution in [1.82, 2.24) is 16.0 Å².